The van der Waals surface area contributed by atoms with Crippen molar-refractivity contribution in [2.75, 3.05) is 12.3 Å². The van der Waals surface area contributed by atoms with Crippen LogP contribution in [0.3, 0.4) is 0 Å². The summed E-state index contributed by atoms with van der Waals surface area (Å²) in [6, 6.07) is 3.43. The molecule has 11 heteroatoms. The number of carbonyl (C=O) groups excluding carboxylic acids is 2. The molecule has 0 aliphatic heterocycles. The van der Waals surface area contributed by atoms with Crippen LogP contribution in [0.15, 0.2) is 22.7 Å². The third kappa shape index (κ3) is 4.51. The van der Waals surface area contributed by atoms with Crippen molar-refractivity contribution in [2.24, 2.45) is 5.73 Å². The van der Waals surface area contributed by atoms with Gasteiger partial charge in [0.05, 0.1) is 17.2 Å². The van der Waals surface area contributed by atoms with Crippen LogP contribution in [0.2, 0.25) is 0 Å². The van der Waals surface area contributed by atoms with Gasteiger partial charge in [-0.25, -0.2) is 4.68 Å². The minimum absolute atomic E-state index is 0.0790. The lowest BCUT2D eigenvalue weighted by molar-refractivity contribution is -0.119. The monoisotopic (exact) mass is 327 g/mol. The molecule has 0 radical (unpaired) electrons. The first-order chi connectivity index (χ1) is 10.2. The number of amides is 2. The Hall–Kier alpha value is -1.98. The number of hydrazine groups is 1. The number of rotatable bonds is 6. The Balaban J connectivity index is 1.75. The van der Waals surface area contributed by atoms with E-state index in [1.54, 1.807) is 17.5 Å². The van der Waals surface area contributed by atoms with E-state index in [1.807, 2.05) is 0 Å². The zero-order chi connectivity index (χ0) is 15.1. The Morgan fingerprint density at radius 3 is 3.00 bits per heavy atom. The number of thioether (sulfide) groups is 1. The quantitative estimate of drug-likeness (QED) is 0.470. The van der Waals surface area contributed by atoms with Crippen molar-refractivity contribution in [2.45, 2.75) is 11.7 Å². The highest BCUT2D eigenvalue weighted by Crippen LogP contribution is 2.12. The summed E-state index contributed by atoms with van der Waals surface area (Å²) in [7, 11) is 0. The van der Waals surface area contributed by atoms with Crippen molar-refractivity contribution >= 4 is 34.9 Å². The van der Waals surface area contributed by atoms with E-state index in [0.29, 0.717) is 23.1 Å². The standard InChI is InChI=1S/C10H13N7O2S2/c11-3-4-17-10(14-15-16-17)21-6-8(18)12-13-9(19)7-2-1-5-20-7/h1-2,5H,3-4,6,11H2,(H,12,18)(H,13,19). The molecular weight excluding hydrogens is 314 g/mol. The molecular formula is C10H13N7O2S2. The fourth-order valence-electron chi connectivity index (χ4n) is 1.32. The average molecular weight is 327 g/mol. The molecule has 0 spiro atoms. The molecule has 4 N–H and O–H groups in total. The lowest BCUT2D eigenvalue weighted by Crippen LogP contribution is -2.42. The Labute approximate surface area is 128 Å². The summed E-state index contributed by atoms with van der Waals surface area (Å²) < 4.78 is 1.52. The van der Waals surface area contributed by atoms with Crippen LogP contribution in [0.4, 0.5) is 0 Å². The van der Waals surface area contributed by atoms with Crippen molar-refractivity contribution in [3.05, 3.63) is 22.4 Å². The minimum Gasteiger partial charge on any atom is -0.329 e. The number of carbonyl (C=O) groups is 2. The number of hydrogen-bond donors (Lipinski definition) is 3. The van der Waals surface area contributed by atoms with Crippen LogP contribution in [0.5, 0.6) is 0 Å². The molecule has 2 aromatic heterocycles. The number of hydrogen-bond acceptors (Lipinski definition) is 8. The van der Waals surface area contributed by atoms with Crippen LogP contribution in [0, 0.1) is 0 Å². The van der Waals surface area contributed by atoms with Gasteiger partial charge in [-0.1, -0.05) is 17.8 Å². The predicted molar refractivity (Wildman–Crippen MR) is 77.5 cm³/mol. The molecule has 0 saturated carbocycles. The molecule has 0 fully saturated rings. The zero-order valence-corrected chi connectivity index (χ0v) is 12.5. The van der Waals surface area contributed by atoms with Crippen LogP contribution < -0.4 is 16.6 Å². The topological polar surface area (TPSA) is 128 Å². The summed E-state index contributed by atoms with van der Waals surface area (Å²) in [6.07, 6.45) is 0. The van der Waals surface area contributed by atoms with E-state index in [0.717, 1.165) is 11.8 Å². The molecule has 2 aromatic rings. The largest absolute Gasteiger partial charge is 0.329 e. The van der Waals surface area contributed by atoms with E-state index in [1.165, 1.54) is 16.0 Å². The van der Waals surface area contributed by atoms with E-state index < -0.39 is 0 Å². The molecule has 0 aliphatic rings. The van der Waals surface area contributed by atoms with Gasteiger partial charge in [0.25, 0.3) is 5.91 Å². The fourth-order valence-corrected chi connectivity index (χ4v) is 2.65. The van der Waals surface area contributed by atoms with Gasteiger partial charge in [0.1, 0.15) is 0 Å². The number of nitrogens with two attached hydrogens (primary N) is 1. The van der Waals surface area contributed by atoms with Crippen molar-refractivity contribution in [3.63, 3.8) is 0 Å². The third-order valence-electron chi connectivity index (χ3n) is 2.23. The van der Waals surface area contributed by atoms with Gasteiger partial charge < -0.3 is 5.73 Å². The highest BCUT2D eigenvalue weighted by molar-refractivity contribution is 7.99. The smallest absolute Gasteiger partial charge is 0.279 e. The summed E-state index contributed by atoms with van der Waals surface area (Å²) in [6.45, 7) is 0.883. The molecule has 2 amide bonds. The molecule has 2 rings (SSSR count). The number of tetrazole rings is 1. The molecule has 112 valence electrons. The third-order valence-corrected chi connectivity index (χ3v) is 4.06. The first-order valence-corrected chi connectivity index (χ1v) is 7.79. The molecule has 0 atom stereocenters. The summed E-state index contributed by atoms with van der Waals surface area (Å²) in [5.41, 5.74) is 10.1. The van der Waals surface area contributed by atoms with Crippen molar-refractivity contribution in [3.8, 4) is 0 Å². The average Bonchev–Trinajstić information content (AvgIpc) is 3.14. The SMILES string of the molecule is NCCn1nnnc1SCC(=O)NNC(=O)c1cccs1. The minimum atomic E-state index is -0.354. The second-order valence-electron chi connectivity index (χ2n) is 3.74. The van der Waals surface area contributed by atoms with Crippen LogP contribution in [0.1, 0.15) is 9.67 Å². The second-order valence-corrected chi connectivity index (χ2v) is 5.63. The number of thiophene rings is 1. The van der Waals surface area contributed by atoms with Gasteiger partial charge in [0.2, 0.25) is 11.1 Å². The van der Waals surface area contributed by atoms with E-state index in [2.05, 4.69) is 26.4 Å². The Morgan fingerprint density at radius 2 is 2.29 bits per heavy atom. The van der Waals surface area contributed by atoms with E-state index in [9.17, 15) is 9.59 Å². The van der Waals surface area contributed by atoms with Crippen LogP contribution >= 0.6 is 23.1 Å². The van der Waals surface area contributed by atoms with Gasteiger partial charge >= 0.3 is 0 Å². The van der Waals surface area contributed by atoms with Crippen molar-refractivity contribution in [1.82, 2.24) is 31.1 Å². The summed E-state index contributed by atoms with van der Waals surface area (Å²) in [5, 5.41) is 13.3. The maximum atomic E-state index is 11.6. The maximum Gasteiger partial charge on any atom is 0.279 e. The summed E-state index contributed by atoms with van der Waals surface area (Å²) >= 11 is 2.45. The highest BCUT2D eigenvalue weighted by atomic mass is 32.2. The van der Waals surface area contributed by atoms with Gasteiger partial charge in [-0.3, -0.25) is 20.4 Å². The van der Waals surface area contributed by atoms with E-state index in [4.69, 9.17) is 5.73 Å². The van der Waals surface area contributed by atoms with E-state index in [-0.39, 0.29) is 17.6 Å². The van der Waals surface area contributed by atoms with Gasteiger partial charge in [-0.15, -0.1) is 16.4 Å². The number of aromatic nitrogens is 4. The molecule has 9 nitrogen and oxygen atoms in total. The van der Waals surface area contributed by atoms with E-state index >= 15 is 0 Å². The van der Waals surface area contributed by atoms with Crippen molar-refractivity contribution < 1.29 is 9.59 Å². The Kier molecular flexibility index (Phi) is 5.66. The van der Waals surface area contributed by atoms with Crippen LogP contribution in [0.25, 0.3) is 0 Å². The fraction of sp³-hybridized carbons (Fsp3) is 0.300. The zero-order valence-electron chi connectivity index (χ0n) is 10.9. The molecule has 21 heavy (non-hydrogen) atoms. The van der Waals surface area contributed by atoms with Crippen LogP contribution in [-0.4, -0.2) is 44.3 Å². The molecule has 0 saturated heterocycles. The molecule has 0 unspecified atom stereocenters. The first-order valence-electron chi connectivity index (χ1n) is 5.92. The van der Waals surface area contributed by atoms with Gasteiger partial charge in [-0.05, 0) is 21.9 Å². The second kappa shape index (κ2) is 7.71. The Morgan fingerprint density at radius 1 is 1.43 bits per heavy atom. The molecule has 2 heterocycles. The lowest BCUT2D eigenvalue weighted by atomic mass is 10.4. The summed E-state index contributed by atoms with van der Waals surface area (Å²) in [4.78, 5) is 23.8. The number of nitrogens with zero attached hydrogens (tertiary/aromatic N) is 4. The van der Waals surface area contributed by atoms with Crippen LogP contribution in [-0.2, 0) is 11.3 Å². The molecule has 0 bridgehead atoms. The van der Waals surface area contributed by atoms with Gasteiger partial charge in [0, 0.05) is 6.54 Å². The first kappa shape index (κ1) is 15.4. The molecule has 0 aliphatic carbocycles. The number of nitrogens with one attached hydrogen (secondary N) is 2. The molecule has 0 aromatic carbocycles. The van der Waals surface area contributed by atoms with Crippen molar-refractivity contribution in [1.29, 1.82) is 0 Å². The normalized spacial score (nSPS) is 10.3. The van der Waals surface area contributed by atoms with Gasteiger partial charge in [0.15, 0.2) is 0 Å². The Bertz CT molecular complexity index is 598. The summed E-state index contributed by atoms with van der Waals surface area (Å²) in [5.74, 6) is -0.626. The highest BCUT2D eigenvalue weighted by Gasteiger charge is 2.11. The maximum absolute atomic E-state index is 11.6. The van der Waals surface area contributed by atoms with Gasteiger partial charge in [-0.2, -0.15) is 0 Å². The predicted octanol–water partition coefficient (Wildman–Crippen LogP) is -0.753. The lowest BCUT2D eigenvalue weighted by Gasteiger charge is -2.06.